The molecule has 4 aromatic carbocycles. The molecule has 0 aliphatic carbocycles. The first-order chi connectivity index (χ1) is 18.7. The highest BCUT2D eigenvalue weighted by atomic mass is 17.2. The van der Waals surface area contributed by atoms with E-state index in [-0.39, 0.29) is 23.1 Å². The van der Waals surface area contributed by atoms with Crippen molar-refractivity contribution in [1.82, 2.24) is 0 Å². The van der Waals surface area contributed by atoms with Gasteiger partial charge in [-0.1, -0.05) is 44.2 Å². The number of carboxylic acids is 1. The highest BCUT2D eigenvalue weighted by molar-refractivity contribution is 5.97. The number of carbonyl (C=O) groups excluding carboxylic acids is 2. The second-order valence-electron chi connectivity index (χ2n) is 9.50. The van der Waals surface area contributed by atoms with Crippen molar-refractivity contribution in [2.75, 3.05) is 0 Å². The maximum Gasteiger partial charge on any atom is 0.373 e. The van der Waals surface area contributed by atoms with Crippen LogP contribution in [-0.2, 0) is 21.8 Å². The molecule has 0 radical (unpaired) electrons. The molecule has 1 aliphatic rings. The van der Waals surface area contributed by atoms with Gasteiger partial charge in [-0.3, -0.25) is 9.68 Å². The van der Waals surface area contributed by atoms with Gasteiger partial charge in [-0.2, -0.15) is 4.89 Å². The molecule has 0 unspecified atom stereocenters. The van der Waals surface area contributed by atoms with Gasteiger partial charge in [0.2, 0.25) is 0 Å². The fourth-order valence-corrected chi connectivity index (χ4v) is 4.34. The van der Waals surface area contributed by atoms with Gasteiger partial charge in [0, 0.05) is 11.0 Å². The Labute approximate surface area is 224 Å². The molecule has 4 aromatic rings. The molecular formula is C31H24O8. The molecule has 1 heterocycles. The molecular weight excluding hydrogens is 500 g/mol. The Morgan fingerprint density at radius 2 is 1.36 bits per heavy atom. The number of aldehydes is 1. The molecule has 0 aromatic heterocycles. The van der Waals surface area contributed by atoms with Crippen molar-refractivity contribution in [1.29, 1.82) is 0 Å². The Morgan fingerprint density at radius 1 is 0.821 bits per heavy atom. The first kappa shape index (κ1) is 25.7. The van der Waals surface area contributed by atoms with Crippen LogP contribution in [0.1, 0.15) is 61.6 Å². The van der Waals surface area contributed by atoms with Crippen LogP contribution < -0.4 is 9.47 Å². The lowest BCUT2D eigenvalue weighted by Crippen LogP contribution is -2.18. The van der Waals surface area contributed by atoms with Gasteiger partial charge in [0.25, 0.3) is 0 Å². The normalized spacial score (nSPS) is 12.7. The second-order valence-corrected chi connectivity index (χ2v) is 9.50. The monoisotopic (exact) mass is 524 g/mol. The van der Waals surface area contributed by atoms with Crippen LogP contribution in [0, 0.1) is 0 Å². The van der Waals surface area contributed by atoms with Gasteiger partial charge in [0.15, 0.2) is 6.29 Å². The van der Waals surface area contributed by atoms with Crippen LogP contribution in [0.15, 0.2) is 84.9 Å². The Hall–Kier alpha value is -4.95. The zero-order valence-corrected chi connectivity index (χ0v) is 21.2. The highest BCUT2D eigenvalue weighted by Gasteiger charge is 2.24. The Kier molecular flexibility index (Phi) is 6.87. The Balaban J connectivity index is 1.28. The average Bonchev–Trinajstić information content (AvgIpc) is 2.94. The quantitative estimate of drug-likeness (QED) is 0.200. The SMILES string of the molecule is CC(C)(c1ccc(Oc2ccc(C(=O)O)c(C=O)c2)cc1)c1ccc(Oc2ccc3c(c2)C(=O)OOC3)cc1. The van der Waals surface area contributed by atoms with Crippen molar-refractivity contribution in [2.45, 2.75) is 25.9 Å². The Morgan fingerprint density at radius 3 is 1.92 bits per heavy atom. The molecule has 196 valence electrons. The summed E-state index contributed by atoms with van der Waals surface area (Å²) in [5.41, 5.74) is 2.92. The highest BCUT2D eigenvalue weighted by Crippen LogP contribution is 2.35. The maximum absolute atomic E-state index is 11.9. The van der Waals surface area contributed by atoms with Crippen molar-refractivity contribution in [3.8, 4) is 23.0 Å². The van der Waals surface area contributed by atoms with E-state index in [1.807, 2.05) is 48.5 Å². The van der Waals surface area contributed by atoms with Gasteiger partial charge < -0.3 is 14.6 Å². The van der Waals surface area contributed by atoms with Gasteiger partial charge in [0.05, 0.1) is 11.1 Å². The second kappa shape index (κ2) is 10.4. The van der Waals surface area contributed by atoms with Crippen LogP contribution in [0.3, 0.4) is 0 Å². The summed E-state index contributed by atoms with van der Waals surface area (Å²) in [6, 6.07) is 24.8. The summed E-state index contributed by atoms with van der Waals surface area (Å²) >= 11 is 0. The predicted molar refractivity (Wildman–Crippen MR) is 141 cm³/mol. The van der Waals surface area contributed by atoms with E-state index in [4.69, 9.17) is 14.4 Å². The standard InChI is InChI=1S/C31H24O8/c1-31(2,21-4-9-23(10-5-21)37-25-13-14-27(29(33)34)20(15-25)17-32)22-6-11-24(12-7-22)38-26-8-3-19-18-36-39-30(35)28(19)16-26/h3-17H,18H2,1-2H3,(H,33,34). The van der Waals surface area contributed by atoms with Crippen LogP contribution >= 0.6 is 0 Å². The number of ether oxygens (including phenoxy) is 2. The van der Waals surface area contributed by atoms with E-state index >= 15 is 0 Å². The minimum atomic E-state index is -1.17. The minimum absolute atomic E-state index is 0.0499. The molecule has 8 heteroatoms. The van der Waals surface area contributed by atoms with E-state index < -0.39 is 11.9 Å². The number of carboxylic acid groups (broad SMARTS) is 1. The third kappa shape index (κ3) is 5.37. The van der Waals surface area contributed by atoms with Crippen LogP contribution in [0.2, 0.25) is 0 Å². The molecule has 8 nitrogen and oxygen atoms in total. The van der Waals surface area contributed by atoms with Crippen molar-refractivity contribution in [3.05, 3.63) is 118 Å². The number of benzene rings is 4. The number of aromatic carboxylic acids is 1. The Bertz CT molecular complexity index is 1550. The van der Waals surface area contributed by atoms with Crippen LogP contribution in [-0.4, -0.2) is 23.3 Å². The van der Waals surface area contributed by atoms with E-state index in [9.17, 15) is 19.5 Å². The molecule has 0 saturated carbocycles. The lowest BCUT2D eigenvalue weighted by Gasteiger charge is -2.26. The average molecular weight is 525 g/mol. The van der Waals surface area contributed by atoms with Gasteiger partial charge in [-0.25, -0.2) is 9.59 Å². The third-order valence-electron chi connectivity index (χ3n) is 6.65. The molecule has 1 N–H and O–H groups in total. The van der Waals surface area contributed by atoms with Crippen molar-refractivity contribution < 1.29 is 38.7 Å². The number of fused-ring (bicyclic) bond motifs is 1. The largest absolute Gasteiger partial charge is 0.478 e. The van der Waals surface area contributed by atoms with Crippen LogP contribution in [0.5, 0.6) is 23.0 Å². The summed E-state index contributed by atoms with van der Waals surface area (Å²) in [6.45, 7) is 4.42. The molecule has 5 rings (SSSR count). The van der Waals surface area contributed by atoms with E-state index in [2.05, 4.69) is 18.7 Å². The van der Waals surface area contributed by atoms with Crippen molar-refractivity contribution in [3.63, 3.8) is 0 Å². The van der Waals surface area contributed by atoms with E-state index in [0.29, 0.717) is 34.8 Å². The van der Waals surface area contributed by atoms with E-state index in [1.165, 1.54) is 18.2 Å². The van der Waals surface area contributed by atoms with Crippen LogP contribution in [0.4, 0.5) is 0 Å². The zero-order chi connectivity index (χ0) is 27.6. The molecule has 0 atom stereocenters. The molecule has 39 heavy (non-hydrogen) atoms. The minimum Gasteiger partial charge on any atom is -0.478 e. The maximum atomic E-state index is 11.9. The first-order valence-corrected chi connectivity index (χ1v) is 12.1. The topological polar surface area (TPSA) is 108 Å². The number of rotatable bonds is 8. The van der Waals surface area contributed by atoms with Gasteiger partial charge in [-0.05, 0) is 71.3 Å². The molecule has 1 aliphatic heterocycles. The molecule has 0 bridgehead atoms. The predicted octanol–water partition coefficient (Wildman–Crippen LogP) is 6.71. The molecule has 0 spiro atoms. The third-order valence-corrected chi connectivity index (χ3v) is 6.65. The molecule has 0 fully saturated rings. The fourth-order valence-electron chi connectivity index (χ4n) is 4.34. The van der Waals surface area contributed by atoms with E-state index in [0.717, 1.165) is 16.7 Å². The zero-order valence-electron chi connectivity index (χ0n) is 21.2. The summed E-state index contributed by atoms with van der Waals surface area (Å²) in [5.74, 6) is 0.357. The summed E-state index contributed by atoms with van der Waals surface area (Å²) in [5, 5.41) is 9.18. The van der Waals surface area contributed by atoms with Crippen LogP contribution in [0.25, 0.3) is 0 Å². The van der Waals surface area contributed by atoms with Gasteiger partial charge >= 0.3 is 11.9 Å². The molecule has 0 saturated heterocycles. The summed E-state index contributed by atoms with van der Waals surface area (Å²) in [7, 11) is 0. The number of hydrogen-bond donors (Lipinski definition) is 1. The summed E-state index contributed by atoms with van der Waals surface area (Å²) in [4.78, 5) is 43.8. The van der Waals surface area contributed by atoms with Gasteiger partial charge in [-0.15, -0.1) is 0 Å². The van der Waals surface area contributed by atoms with Gasteiger partial charge in [0.1, 0.15) is 29.6 Å². The van der Waals surface area contributed by atoms with Crippen molar-refractivity contribution in [2.24, 2.45) is 0 Å². The number of carbonyl (C=O) groups is 3. The summed E-state index contributed by atoms with van der Waals surface area (Å²) in [6.07, 6.45) is 0.496. The summed E-state index contributed by atoms with van der Waals surface area (Å²) < 4.78 is 11.8. The first-order valence-electron chi connectivity index (χ1n) is 12.1. The lowest BCUT2D eigenvalue weighted by molar-refractivity contribution is -0.256. The number of hydrogen-bond acceptors (Lipinski definition) is 7. The fraction of sp³-hybridized carbons (Fsp3) is 0.129. The molecule has 0 amide bonds. The smallest absolute Gasteiger partial charge is 0.373 e. The van der Waals surface area contributed by atoms with Crippen molar-refractivity contribution >= 4 is 18.2 Å². The van der Waals surface area contributed by atoms with E-state index in [1.54, 1.807) is 18.2 Å². The lowest BCUT2D eigenvalue weighted by atomic mass is 9.78.